The molecular weight excluding hydrogens is 153 g/mol. The summed E-state index contributed by atoms with van der Waals surface area (Å²) in [6, 6.07) is 0. The number of halogens is 1. The highest BCUT2D eigenvalue weighted by Gasteiger charge is 2.21. The molecule has 0 radical (unpaired) electrons. The van der Waals surface area contributed by atoms with Crippen LogP contribution in [0.3, 0.4) is 0 Å². The standard InChI is InChI=1S/C10H10FN/c1-6-4-10(12)8-3-2-7(11)5-9(6)8/h4-5,12H,2-3H2,1H3. The summed E-state index contributed by atoms with van der Waals surface area (Å²) in [6.45, 7) is 1.92. The molecule has 62 valence electrons. The van der Waals surface area contributed by atoms with Gasteiger partial charge in [-0.2, -0.15) is 0 Å². The normalized spacial score (nSPS) is 22.3. The lowest BCUT2D eigenvalue weighted by Gasteiger charge is -2.10. The Bertz CT molecular complexity index is 345. The molecule has 0 aromatic carbocycles. The Kier molecular flexibility index (Phi) is 1.50. The van der Waals surface area contributed by atoms with Crippen LogP contribution in [0.25, 0.3) is 0 Å². The maximum Gasteiger partial charge on any atom is 0.101 e. The van der Waals surface area contributed by atoms with E-state index >= 15 is 0 Å². The van der Waals surface area contributed by atoms with Gasteiger partial charge in [-0.25, -0.2) is 4.39 Å². The molecule has 2 rings (SSSR count). The van der Waals surface area contributed by atoms with Gasteiger partial charge in [-0.15, -0.1) is 0 Å². The van der Waals surface area contributed by atoms with Crippen LogP contribution in [0, 0.1) is 5.41 Å². The van der Waals surface area contributed by atoms with Crippen LogP contribution >= 0.6 is 0 Å². The van der Waals surface area contributed by atoms with Gasteiger partial charge < -0.3 is 5.41 Å². The summed E-state index contributed by atoms with van der Waals surface area (Å²) < 4.78 is 12.9. The number of allylic oxidation sites excluding steroid dienone is 6. The van der Waals surface area contributed by atoms with Crippen molar-refractivity contribution < 1.29 is 4.39 Å². The van der Waals surface area contributed by atoms with E-state index in [4.69, 9.17) is 5.41 Å². The van der Waals surface area contributed by atoms with Crippen LogP contribution < -0.4 is 0 Å². The van der Waals surface area contributed by atoms with E-state index < -0.39 is 0 Å². The van der Waals surface area contributed by atoms with Crippen molar-refractivity contribution in [3.63, 3.8) is 0 Å². The van der Waals surface area contributed by atoms with Crippen molar-refractivity contribution in [2.45, 2.75) is 19.8 Å². The predicted octanol–water partition coefficient (Wildman–Crippen LogP) is 2.91. The van der Waals surface area contributed by atoms with Gasteiger partial charge in [0.05, 0.1) is 5.71 Å². The zero-order valence-corrected chi connectivity index (χ0v) is 6.95. The maximum atomic E-state index is 12.9. The minimum Gasteiger partial charge on any atom is -0.301 e. The molecule has 2 aliphatic carbocycles. The molecule has 0 bridgehead atoms. The van der Waals surface area contributed by atoms with E-state index in [2.05, 4.69) is 0 Å². The fraction of sp³-hybridized carbons (Fsp3) is 0.300. The molecule has 1 N–H and O–H groups in total. The van der Waals surface area contributed by atoms with Gasteiger partial charge >= 0.3 is 0 Å². The zero-order chi connectivity index (χ0) is 8.72. The van der Waals surface area contributed by atoms with Gasteiger partial charge in [0.25, 0.3) is 0 Å². The Balaban J connectivity index is 2.50. The van der Waals surface area contributed by atoms with Crippen LogP contribution in [0.2, 0.25) is 0 Å². The van der Waals surface area contributed by atoms with Crippen molar-refractivity contribution in [2.75, 3.05) is 0 Å². The third-order valence-corrected chi connectivity index (χ3v) is 2.35. The highest BCUT2D eigenvalue weighted by molar-refractivity contribution is 6.11. The summed E-state index contributed by atoms with van der Waals surface area (Å²) in [6.07, 6.45) is 4.51. The van der Waals surface area contributed by atoms with Gasteiger partial charge in [0.15, 0.2) is 0 Å². The molecule has 0 saturated heterocycles. The second kappa shape index (κ2) is 2.41. The molecule has 0 atom stereocenters. The van der Waals surface area contributed by atoms with Crippen LogP contribution in [0.15, 0.2) is 34.7 Å². The minimum atomic E-state index is -0.0591. The second-order valence-electron chi connectivity index (χ2n) is 3.22. The van der Waals surface area contributed by atoms with E-state index in [1.165, 1.54) is 0 Å². The van der Waals surface area contributed by atoms with Gasteiger partial charge in [-0.05, 0) is 42.2 Å². The van der Waals surface area contributed by atoms with E-state index in [0.717, 1.165) is 16.7 Å². The molecule has 0 aromatic heterocycles. The second-order valence-corrected chi connectivity index (χ2v) is 3.22. The van der Waals surface area contributed by atoms with Crippen molar-refractivity contribution in [2.24, 2.45) is 0 Å². The third kappa shape index (κ3) is 0.951. The van der Waals surface area contributed by atoms with E-state index in [9.17, 15) is 4.39 Å². The van der Waals surface area contributed by atoms with Gasteiger partial charge in [-0.3, -0.25) is 0 Å². The van der Waals surface area contributed by atoms with E-state index in [1.54, 1.807) is 12.2 Å². The smallest absolute Gasteiger partial charge is 0.101 e. The molecule has 0 aliphatic heterocycles. The monoisotopic (exact) mass is 163 g/mol. The number of rotatable bonds is 0. The van der Waals surface area contributed by atoms with Crippen molar-refractivity contribution in [1.29, 1.82) is 5.41 Å². The van der Waals surface area contributed by atoms with Crippen molar-refractivity contribution in [1.82, 2.24) is 0 Å². The first kappa shape index (κ1) is 7.47. The molecular formula is C10H10FN. The Morgan fingerprint density at radius 3 is 2.83 bits per heavy atom. The summed E-state index contributed by atoms with van der Waals surface area (Å²) >= 11 is 0. The van der Waals surface area contributed by atoms with E-state index in [0.29, 0.717) is 18.6 Å². The zero-order valence-electron chi connectivity index (χ0n) is 6.95. The summed E-state index contributed by atoms with van der Waals surface area (Å²) in [7, 11) is 0. The van der Waals surface area contributed by atoms with E-state index in [-0.39, 0.29) is 5.83 Å². The van der Waals surface area contributed by atoms with Gasteiger partial charge in [-0.1, -0.05) is 0 Å². The Labute approximate surface area is 70.8 Å². The largest absolute Gasteiger partial charge is 0.301 e. The first-order valence-corrected chi connectivity index (χ1v) is 4.05. The summed E-state index contributed by atoms with van der Waals surface area (Å²) in [5, 5.41) is 7.58. The van der Waals surface area contributed by atoms with Crippen molar-refractivity contribution in [3.8, 4) is 0 Å². The Morgan fingerprint density at radius 2 is 2.08 bits per heavy atom. The maximum absolute atomic E-state index is 12.9. The molecule has 0 aromatic rings. The first-order chi connectivity index (χ1) is 5.68. The molecule has 12 heavy (non-hydrogen) atoms. The van der Waals surface area contributed by atoms with Gasteiger partial charge in [0, 0.05) is 6.42 Å². The molecule has 0 heterocycles. The van der Waals surface area contributed by atoms with Crippen molar-refractivity contribution >= 4 is 5.71 Å². The van der Waals surface area contributed by atoms with Crippen LogP contribution in [0.1, 0.15) is 19.8 Å². The number of hydrogen-bond acceptors (Lipinski definition) is 1. The average molecular weight is 163 g/mol. The summed E-state index contributed by atoms with van der Waals surface area (Å²) in [5.74, 6) is -0.0591. The molecule has 0 fully saturated rings. The highest BCUT2D eigenvalue weighted by Crippen LogP contribution is 2.34. The average Bonchev–Trinajstić information content (AvgIpc) is 2.28. The molecule has 2 aliphatic rings. The highest BCUT2D eigenvalue weighted by atomic mass is 19.1. The lowest BCUT2D eigenvalue weighted by atomic mass is 9.96. The summed E-state index contributed by atoms with van der Waals surface area (Å²) in [4.78, 5) is 0. The molecule has 0 amide bonds. The molecule has 0 saturated carbocycles. The lowest BCUT2D eigenvalue weighted by molar-refractivity contribution is 0.583. The van der Waals surface area contributed by atoms with Gasteiger partial charge in [0.1, 0.15) is 5.83 Å². The Hall–Kier alpha value is -1.18. The Morgan fingerprint density at radius 1 is 1.33 bits per heavy atom. The quantitative estimate of drug-likeness (QED) is 0.567. The number of nitrogens with one attached hydrogen (secondary N) is 1. The summed E-state index contributed by atoms with van der Waals surface area (Å²) in [5.41, 5.74) is 3.52. The topological polar surface area (TPSA) is 23.9 Å². The number of hydrogen-bond donors (Lipinski definition) is 1. The fourth-order valence-corrected chi connectivity index (χ4v) is 1.71. The minimum absolute atomic E-state index is 0.0591. The predicted molar refractivity (Wildman–Crippen MR) is 46.9 cm³/mol. The lowest BCUT2D eigenvalue weighted by Crippen LogP contribution is -1.99. The van der Waals surface area contributed by atoms with Crippen LogP contribution in [0.5, 0.6) is 0 Å². The molecule has 2 heteroatoms. The van der Waals surface area contributed by atoms with Crippen LogP contribution in [0.4, 0.5) is 4.39 Å². The van der Waals surface area contributed by atoms with Crippen molar-refractivity contribution in [3.05, 3.63) is 34.7 Å². The fourth-order valence-electron chi connectivity index (χ4n) is 1.71. The van der Waals surface area contributed by atoms with Gasteiger partial charge in [0.2, 0.25) is 0 Å². The molecule has 0 unspecified atom stereocenters. The van der Waals surface area contributed by atoms with Crippen LogP contribution in [-0.4, -0.2) is 5.71 Å². The SMILES string of the molecule is CC1=CC(=N)C2=C1C=C(F)CC2. The molecule has 0 spiro atoms. The van der Waals surface area contributed by atoms with Crippen LogP contribution in [-0.2, 0) is 0 Å². The third-order valence-electron chi connectivity index (χ3n) is 2.35. The van der Waals surface area contributed by atoms with E-state index in [1.807, 2.05) is 6.92 Å². The molecule has 1 nitrogen and oxygen atoms in total. The first-order valence-electron chi connectivity index (χ1n) is 4.05.